The molecule has 0 aromatic carbocycles. The number of hydrogen-bond acceptors (Lipinski definition) is 0. The molecule has 0 spiro atoms. The molecule has 0 saturated heterocycles. The molecule has 0 rings (SSSR count). The van der Waals surface area contributed by atoms with Crippen LogP contribution in [-0.2, 0) is 0 Å². The largest absolute Gasteiger partial charge is 0.0738 e. The van der Waals surface area contributed by atoms with Crippen LogP contribution in [0.1, 0.15) is 60.3 Å². The Morgan fingerprint density at radius 3 is 2.00 bits per heavy atom. The van der Waals surface area contributed by atoms with E-state index in [4.69, 9.17) is 7.85 Å². The van der Waals surface area contributed by atoms with Crippen LogP contribution in [-0.4, -0.2) is 7.85 Å². The van der Waals surface area contributed by atoms with E-state index in [9.17, 15) is 0 Å². The van der Waals surface area contributed by atoms with Crippen molar-refractivity contribution in [3.63, 3.8) is 0 Å². The van der Waals surface area contributed by atoms with Crippen LogP contribution < -0.4 is 0 Å². The lowest BCUT2D eigenvalue weighted by molar-refractivity contribution is 0.397. The molecule has 0 heterocycles. The van der Waals surface area contributed by atoms with Gasteiger partial charge in [-0.2, -0.15) is 0 Å². The van der Waals surface area contributed by atoms with E-state index in [1.165, 1.54) is 19.3 Å². The van der Waals surface area contributed by atoms with Crippen molar-refractivity contribution in [3.8, 4) is 0 Å². The highest BCUT2D eigenvalue weighted by Gasteiger charge is 2.14. The van der Waals surface area contributed by atoms with Gasteiger partial charge in [-0.1, -0.05) is 65.6 Å². The van der Waals surface area contributed by atoms with Gasteiger partial charge in [0.1, 0.15) is 0 Å². The minimum absolute atomic E-state index is 0.0112. The van der Waals surface area contributed by atoms with Gasteiger partial charge in [-0.05, 0) is 11.8 Å². The van der Waals surface area contributed by atoms with Crippen LogP contribution in [0.3, 0.4) is 0 Å². The SMILES string of the molecule is [B]C(C)(C)CC(C)CCCC(C)C. The Morgan fingerprint density at radius 1 is 1.08 bits per heavy atom. The van der Waals surface area contributed by atoms with Gasteiger partial charge in [-0.15, -0.1) is 0 Å². The molecule has 1 heteroatoms. The summed E-state index contributed by atoms with van der Waals surface area (Å²) in [5, 5.41) is 0.0112. The fourth-order valence-corrected chi connectivity index (χ4v) is 1.87. The van der Waals surface area contributed by atoms with Crippen LogP contribution >= 0.6 is 0 Å². The Labute approximate surface area is 85.9 Å². The van der Waals surface area contributed by atoms with Crippen LogP contribution in [0, 0.1) is 11.8 Å². The van der Waals surface area contributed by atoms with Crippen LogP contribution in [0.5, 0.6) is 0 Å². The maximum absolute atomic E-state index is 5.97. The topological polar surface area (TPSA) is 0 Å². The van der Waals surface area contributed by atoms with Gasteiger partial charge in [-0.3, -0.25) is 0 Å². The van der Waals surface area contributed by atoms with Crippen LogP contribution in [0.15, 0.2) is 0 Å². The molecule has 0 saturated carbocycles. The van der Waals surface area contributed by atoms with Crippen molar-refractivity contribution >= 4 is 7.85 Å². The van der Waals surface area contributed by atoms with Crippen LogP contribution in [0.2, 0.25) is 5.31 Å². The molecule has 0 bridgehead atoms. The van der Waals surface area contributed by atoms with Crippen molar-refractivity contribution in [2.75, 3.05) is 0 Å². The average molecular weight is 180 g/mol. The molecule has 1 atom stereocenters. The molecule has 0 aliphatic heterocycles. The molecule has 76 valence electrons. The van der Waals surface area contributed by atoms with Gasteiger partial charge in [0.2, 0.25) is 0 Å². The zero-order chi connectivity index (χ0) is 10.5. The molecule has 0 aromatic rings. The number of hydrogen-bond donors (Lipinski definition) is 0. The molecule has 2 radical (unpaired) electrons. The van der Waals surface area contributed by atoms with Crippen molar-refractivity contribution in [1.29, 1.82) is 0 Å². The van der Waals surface area contributed by atoms with Gasteiger partial charge in [0, 0.05) is 0 Å². The van der Waals surface area contributed by atoms with E-state index >= 15 is 0 Å². The van der Waals surface area contributed by atoms with Crippen molar-refractivity contribution in [3.05, 3.63) is 0 Å². The molecular formula is C12H25B. The summed E-state index contributed by atoms with van der Waals surface area (Å²) >= 11 is 0. The second kappa shape index (κ2) is 5.72. The third-order valence-electron chi connectivity index (χ3n) is 2.35. The van der Waals surface area contributed by atoms with E-state index < -0.39 is 0 Å². The van der Waals surface area contributed by atoms with Gasteiger partial charge in [0.05, 0.1) is 7.85 Å². The Hall–Kier alpha value is 0.0649. The van der Waals surface area contributed by atoms with Crippen molar-refractivity contribution in [2.24, 2.45) is 11.8 Å². The molecule has 0 N–H and O–H groups in total. The van der Waals surface area contributed by atoms with Gasteiger partial charge >= 0.3 is 0 Å². The molecule has 1 unspecified atom stereocenters. The lowest BCUT2D eigenvalue weighted by Gasteiger charge is -2.23. The molecule has 0 nitrogen and oxygen atoms in total. The molecule has 0 aliphatic carbocycles. The fraction of sp³-hybridized carbons (Fsp3) is 1.00. The highest BCUT2D eigenvalue weighted by molar-refractivity contribution is 6.14. The Morgan fingerprint density at radius 2 is 1.62 bits per heavy atom. The summed E-state index contributed by atoms with van der Waals surface area (Å²) in [6.45, 7) is 11.1. The summed E-state index contributed by atoms with van der Waals surface area (Å²) in [5.41, 5.74) is 0. The minimum Gasteiger partial charge on any atom is -0.0714 e. The first-order valence-electron chi connectivity index (χ1n) is 5.60. The maximum Gasteiger partial charge on any atom is 0.0738 e. The lowest BCUT2D eigenvalue weighted by atomic mass is 9.67. The molecule has 0 fully saturated rings. The normalized spacial score (nSPS) is 14.9. The standard InChI is InChI=1S/C12H25B/c1-10(2)7-6-8-11(3)9-12(4,5)13/h10-11H,6-9H2,1-5H3. The summed E-state index contributed by atoms with van der Waals surface area (Å²) < 4.78 is 0. The van der Waals surface area contributed by atoms with Crippen LogP contribution in [0.4, 0.5) is 0 Å². The summed E-state index contributed by atoms with van der Waals surface area (Å²) in [5.74, 6) is 1.62. The van der Waals surface area contributed by atoms with Crippen molar-refractivity contribution in [2.45, 2.75) is 65.6 Å². The van der Waals surface area contributed by atoms with Gasteiger partial charge < -0.3 is 0 Å². The predicted octanol–water partition coefficient (Wildman–Crippen LogP) is 4.21. The second-order valence-electron chi connectivity index (χ2n) is 5.62. The average Bonchev–Trinajstić information content (AvgIpc) is 1.81. The Balaban J connectivity index is 3.46. The number of rotatable bonds is 6. The first-order valence-corrected chi connectivity index (χ1v) is 5.60. The molecule has 0 aromatic heterocycles. The zero-order valence-corrected chi connectivity index (χ0v) is 10.1. The monoisotopic (exact) mass is 180 g/mol. The Kier molecular flexibility index (Phi) is 5.75. The Bertz CT molecular complexity index is 122. The van der Waals surface area contributed by atoms with E-state index in [1.54, 1.807) is 0 Å². The van der Waals surface area contributed by atoms with Gasteiger partial charge in [0.15, 0.2) is 0 Å². The van der Waals surface area contributed by atoms with E-state index in [0.717, 1.165) is 18.3 Å². The third kappa shape index (κ3) is 9.98. The summed E-state index contributed by atoms with van der Waals surface area (Å²) in [6, 6.07) is 0. The maximum atomic E-state index is 5.97. The molecular weight excluding hydrogens is 155 g/mol. The first kappa shape index (κ1) is 13.1. The van der Waals surface area contributed by atoms with E-state index in [-0.39, 0.29) is 5.31 Å². The lowest BCUT2D eigenvalue weighted by Crippen LogP contribution is -2.08. The molecule has 0 aliphatic rings. The van der Waals surface area contributed by atoms with Gasteiger partial charge in [0.25, 0.3) is 0 Å². The van der Waals surface area contributed by atoms with E-state index in [1.807, 2.05) is 0 Å². The van der Waals surface area contributed by atoms with E-state index in [2.05, 4.69) is 34.6 Å². The smallest absolute Gasteiger partial charge is 0.0714 e. The summed E-state index contributed by atoms with van der Waals surface area (Å²) in [7, 11) is 5.97. The van der Waals surface area contributed by atoms with Crippen molar-refractivity contribution < 1.29 is 0 Å². The minimum atomic E-state index is 0.0112. The van der Waals surface area contributed by atoms with E-state index in [0.29, 0.717) is 0 Å². The highest BCUT2D eigenvalue weighted by Crippen LogP contribution is 2.30. The molecule has 13 heavy (non-hydrogen) atoms. The summed E-state index contributed by atoms with van der Waals surface area (Å²) in [4.78, 5) is 0. The zero-order valence-electron chi connectivity index (χ0n) is 10.1. The summed E-state index contributed by atoms with van der Waals surface area (Å²) in [6.07, 6.45) is 5.19. The second-order valence-corrected chi connectivity index (χ2v) is 5.62. The fourth-order valence-electron chi connectivity index (χ4n) is 1.87. The highest BCUT2D eigenvalue weighted by atomic mass is 14.2. The third-order valence-corrected chi connectivity index (χ3v) is 2.35. The van der Waals surface area contributed by atoms with Crippen LogP contribution in [0.25, 0.3) is 0 Å². The van der Waals surface area contributed by atoms with Crippen molar-refractivity contribution in [1.82, 2.24) is 0 Å². The quantitative estimate of drug-likeness (QED) is 0.537. The van der Waals surface area contributed by atoms with Gasteiger partial charge in [-0.25, -0.2) is 0 Å². The molecule has 0 amide bonds. The first-order chi connectivity index (χ1) is 5.81. The predicted molar refractivity (Wildman–Crippen MR) is 62.3 cm³/mol.